The first-order chi connectivity index (χ1) is 14.0. The molecule has 1 unspecified atom stereocenters. The number of carbonyl (C=O) groups is 2. The number of hydrogen-bond donors (Lipinski definition) is 3. The van der Waals surface area contributed by atoms with E-state index in [1.165, 1.54) is 70.6 Å². The van der Waals surface area contributed by atoms with Crippen LogP contribution >= 0.6 is 0 Å². The van der Waals surface area contributed by atoms with E-state index in [2.05, 4.69) is 11.7 Å². The Morgan fingerprint density at radius 2 is 1.34 bits per heavy atom. The van der Waals surface area contributed by atoms with Gasteiger partial charge in [-0.15, -0.1) is 0 Å². The standard InChI is InChI=1S/C22H40O7/c1-2-3-4-5-6-7-8-9-10-11-12-13-14-15-16-28-21(26)19(25)20-17(23)18(24)22(27)29-20/h17-20,23-25H,2-16H2,1H3/t17-,18+,19?,20+/m1/s1. The molecule has 0 radical (unpaired) electrons. The fraction of sp³-hybridized carbons (Fsp3) is 0.909. The molecule has 1 heterocycles. The fourth-order valence-corrected chi connectivity index (χ4v) is 3.53. The van der Waals surface area contributed by atoms with Crippen molar-refractivity contribution in [2.24, 2.45) is 0 Å². The number of unbranched alkanes of at least 4 members (excludes halogenated alkanes) is 13. The average molecular weight is 417 g/mol. The van der Waals surface area contributed by atoms with E-state index < -0.39 is 36.4 Å². The third-order valence-corrected chi connectivity index (χ3v) is 5.45. The lowest BCUT2D eigenvalue weighted by Crippen LogP contribution is -2.43. The highest BCUT2D eigenvalue weighted by Crippen LogP contribution is 2.20. The number of ether oxygens (including phenoxy) is 2. The molecule has 0 aromatic carbocycles. The predicted octanol–water partition coefficient (Wildman–Crippen LogP) is 3.02. The van der Waals surface area contributed by atoms with Crippen LogP contribution in [0.2, 0.25) is 0 Å². The molecule has 0 aliphatic carbocycles. The zero-order chi connectivity index (χ0) is 21.5. The van der Waals surface area contributed by atoms with Gasteiger partial charge in [0.1, 0.15) is 6.10 Å². The molecule has 1 rings (SSSR count). The number of aliphatic hydroxyl groups excluding tert-OH is 3. The summed E-state index contributed by atoms with van der Waals surface area (Å²) in [5.74, 6) is -2.01. The zero-order valence-electron chi connectivity index (χ0n) is 17.9. The number of cyclic esters (lactones) is 1. The van der Waals surface area contributed by atoms with Gasteiger partial charge in [-0.3, -0.25) is 0 Å². The molecule has 1 fully saturated rings. The summed E-state index contributed by atoms with van der Waals surface area (Å²) >= 11 is 0. The summed E-state index contributed by atoms with van der Waals surface area (Å²) in [6, 6.07) is 0. The van der Waals surface area contributed by atoms with E-state index in [0.29, 0.717) is 6.42 Å². The van der Waals surface area contributed by atoms with Crippen LogP contribution in [0.3, 0.4) is 0 Å². The molecule has 0 aromatic rings. The van der Waals surface area contributed by atoms with E-state index >= 15 is 0 Å². The van der Waals surface area contributed by atoms with Crippen molar-refractivity contribution >= 4 is 11.9 Å². The number of hydrogen-bond acceptors (Lipinski definition) is 7. The van der Waals surface area contributed by atoms with E-state index in [1.807, 2.05) is 0 Å². The zero-order valence-corrected chi connectivity index (χ0v) is 17.9. The molecular formula is C22H40O7. The van der Waals surface area contributed by atoms with Gasteiger partial charge in [-0.1, -0.05) is 90.4 Å². The Hall–Kier alpha value is -1.18. The lowest BCUT2D eigenvalue weighted by atomic mass is 10.0. The van der Waals surface area contributed by atoms with Crippen LogP contribution in [0.1, 0.15) is 96.8 Å². The Kier molecular flexibility index (Phi) is 13.9. The van der Waals surface area contributed by atoms with Crippen molar-refractivity contribution < 1.29 is 34.4 Å². The van der Waals surface area contributed by atoms with Crippen molar-refractivity contribution in [3.63, 3.8) is 0 Å². The predicted molar refractivity (Wildman–Crippen MR) is 109 cm³/mol. The number of carbonyl (C=O) groups excluding carboxylic acids is 2. The van der Waals surface area contributed by atoms with Crippen LogP contribution in [-0.4, -0.2) is 58.3 Å². The van der Waals surface area contributed by atoms with Gasteiger partial charge in [-0.2, -0.15) is 0 Å². The van der Waals surface area contributed by atoms with Crippen molar-refractivity contribution in [1.29, 1.82) is 0 Å². The Morgan fingerprint density at radius 3 is 1.76 bits per heavy atom. The van der Waals surface area contributed by atoms with E-state index in [-0.39, 0.29) is 6.61 Å². The van der Waals surface area contributed by atoms with Crippen molar-refractivity contribution in [2.75, 3.05) is 6.61 Å². The molecule has 7 nitrogen and oxygen atoms in total. The van der Waals surface area contributed by atoms with Crippen molar-refractivity contribution in [3.8, 4) is 0 Å². The maximum atomic E-state index is 11.8. The molecular weight excluding hydrogens is 376 g/mol. The van der Waals surface area contributed by atoms with Gasteiger partial charge >= 0.3 is 11.9 Å². The Morgan fingerprint density at radius 1 is 0.897 bits per heavy atom. The number of rotatable bonds is 17. The molecule has 0 amide bonds. The monoisotopic (exact) mass is 416 g/mol. The molecule has 0 spiro atoms. The van der Waals surface area contributed by atoms with Crippen LogP contribution in [0.5, 0.6) is 0 Å². The first-order valence-corrected chi connectivity index (χ1v) is 11.4. The molecule has 3 N–H and O–H groups in total. The summed E-state index contributed by atoms with van der Waals surface area (Å²) < 4.78 is 9.58. The van der Waals surface area contributed by atoms with Gasteiger partial charge in [0, 0.05) is 0 Å². The van der Waals surface area contributed by atoms with Crippen molar-refractivity contribution in [3.05, 3.63) is 0 Å². The van der Waals surface area contributed by atoms with Crippen LogP contribution in [0, 0.1) is 0 Å². The van der Waals surface area contributed by atoms with Crippen LogP contribution in [0.15, 0.2) is 0 Å². The quantitative estimate of drug-likeness (QED) is 0.247. The van der Waals surface area contributed by atoms with Gasteiger partial charge in [0.05, 0.1) is 6.61 Å². The first-order valence-electron chi connectivity index (χ1n) is 11.4. The van der Waals surface area contributed by atoms with E-state index in [9.17, 15) is 24.9 Å². The first kappa shape index (κ1) is 25.9. The lowest BCUT2D eigenvalue weighted by molar-refractivity contribution is -0.167. The van der Waals surface area contributed by atoms with Crippen LogP contribution in [0.4, 0.5) is 0 Å². The van der Waals surface area contributed by atoms with E-state index in [1.54, 1.807) is 0 Å². The lowest BCUT2D eigenvalue weighted by Gasteiger charge is -2.18. The molecule has 0 saturated carbocycles. The normalized spacial score (nSPS) is 22.5. The minimum absolute atomic E-state index is 0.174. The minimum atomic E-state index is -1.79. The Bertz CT molecular complexity index is 454. The van der Waals surface area contributed by atoms with E-state index in [4.69, 9.17) is 4.74 Å². The third-order valence-electron chi connectivity index (χ3n) is 5.45. The fourth-order valence-electron chi connectivity index (χ4n) is 3.53. The molecule has 170 valence electrons. The molecule has 7 heteroatoms. The van der Waals surface area contributed by atoms with Crippen LogP contribution < -0.4 is 0 Å². The smallest absolute Gasteiger partial charge is 0.339 e. The number of esters is 2. The molecule has 29 heavy (non-hydrogen) atoms. The van der Waals surface area contributed by atoms with Gasteiger partial charge < -0.3 is 24.8 Å². The molecule has 1 aliphatic heterocycles. The third kappa shape index (κ3) is 10.4. The summed E-state index contributed by atoms with van der Waals surface area (Å²) in [7, 11) is 0. The highest BCUT2D eigenvalue weighted by molar-refractivity contribution is 5.81. The maximum Gasteiger partial charge on any atom is 0.339 e. The van der Waals surface area contributed by atoms with Gasteiger partial charge in [0.2, 0.25) is 0 Å². The summed E-state index contributed by atoms with van der Waals surface area (Å²) in [4.78, 5) is 22.9. The highest BCUT2D eigenvalue weighted by atomic mass is 16.6. The van der Waals surface area contributed by atoms with Gasteiger partial charge in [-0.05, 0) is 6.42 Å². The highest BCUT2D eigenvalue weighted by Gasteiger charge is 2.48. The molecule has 1 aliphatic rings. The second kappa shape index (κ2) is 15.6. The van der Waals surface area contributed by atoms with Crippen molar-refractivity contribution in [2.45, 2.75) is 121 Å². The Balaban J connectivity index is 1.90. The SMILES string of the molecule is CCCCCCCCCCCCCCCCOC(=O)C(O)[C@H]1OC(=O)[C@@H](O)[C@H]1O. The second-order valence-electron chi connectivity index (χ2n) is 8.05. The van der Waals surface area contributed by atoms with Crippen LogP contribution in [0.25, 0.3) is 0 Å². The summed E-state index contributed by atoms with van der Waals surface area (Å²) in [5.41, 5.74) is 0. The Labute approximate surface area is 174 Å². The van der Waals surface area contributed by atoms with Gasteiger partial charge in [0.15, 0.2) is 18.3 Å². The topological polar surface area (TPSA) is 113 Å². The number of aliphatic hydroxyl groups is 3. The summed E-state index contributed by atoms with van der Waals surface area (Å²) in [6.07, 6.45) is 10.6. The molecule has 0 aromatic heterocycles. The van der Waals surface area contributed by atoms with Gasteiger partial charge in [-0.25, -0.2) is 9.59 Å². The molecule has 4 atom stereocenters. The van der Waals surface area contributed by atoms with Crippen LogP contribution in [-0.2, 0) is 19.1 Å². The maximum absolute atomic E-state index is 11.8. The minimum Gasteiger partial charge on any atom is -0.464 e. The van der Waals surface area contributed by atoms with Crippen molar-refractivity contribution in [1.82, 2.24) is 0 Å². The molecule has 0 bridgehead atoms. The largest absolute Gasteiger partial charge is 0.464 e. The summed E-state index contributed by atoms with van der Waals surface area (Å²) in [6.45, 7) is 2.42. The van der Waals surface area contributed by atoms with Gasteiger partial charge in [0.25, 0.3) is 0 Å². The molecule has 1 saturated heterocycles. The average Bonchev–Trinajstić information content (AvgIpc) is 2.97. The second-order valence-corrected chi connectivity index (χ2v) is 8.05. The summed E-state index contributed by atoms with van der Waals surface area (Å²) in [5, 5.41) is 28.7. The van der Waals surface area contributed by atoms with E-state index in [0.717, 1.165) is 12.8 Å².